The molecule has 4 aromatic rings. The molecule has 2 aromatic heterocycles. The van der Waals surface area contributed by atoms with Gasteiger partial charge >= 0.3 is 0 Å². The molecule has 0 unspecified atom stereocenters. The minimum atomic E-state index is -0.662. The molecule has 4 N–H and O–H groups in total. The molecule has 178 valence electrons. The van der Waals surface area contributed by atoms with Gasteiger partial charge in [0.15, 0.2) is 5.69 Å². The number of amides is 2. The molecule has 4 rings (SSSR count). The second-order valence-electron chi connectivity index (χ2n) is 7.20. The van der Waals surface area contributed by atoms with Crippen LogP contribution in [0.4, 0.5) is 11.5 Å². The van der Waals surface area contributed by atoms with E-state index in [1.807, 2.05) is 0 Å². The van der Waals surface area contributed by atoms with Gasteiger partial charge in [-0.25, -0.2) is 10.1 Å². The predicted octanol–water partition coefficient (Wildman–Crippen LogP) is 3.32. The number of nitrogen functional groups attached to an aromatic ring is 1. The van der Waals surface area contributed by atoms with Crippen LogP contribution in [0.2, 0.25) is 10.0 Å². The average Bonchev–Trinajstić information content (AvgIpc) is 3.44. The fourth-order valence-corrected chi connectivity index (χ4v) is 3.40. The van der Waals surface area contributed by atoms with Crippen LogP contribution in [0.3, 0.4) is 0 Å². The molecule has 35 heavy (non-hydrogen) atoms. The Hall–Kier alpha value is -4.29. The summed E-state index contributed by atoms with van der Waals surface area (Å²) in [5.74, 6) is -0.890. The maximum absolute atomic E-state index is 13.1. The van der Waals surface area contributed by atoms with Crippen LogP contribution in [-0.2, 0) is 4.79 Å². The van der Waals surface area contributed by atoms with E-state index in [1.165, 1.54) is 11.6 Å². The van der Waals surface area contributed by atoms with Crippen LogP contribution >= 0.6 is 23.2 Å². The Labute approximate surface area is 208 Å². The van der Waals surface area contributed by atoms with Crippen LogP contribution in [0.15, 0.2) is 52.2 Å². The molecule has 14 heteroatoms. The number of carbonyl (C=O) groups is 2. The highest BCUT2D eigenvalue weighted by atomic mass is 35.5. The molecule has 0 bridgehead atoms. The van der Waals surface area contributed by atoms with Crippen molar-refractivity contribution in [3.05, 3.63) is 63.8 Å². The van der Waals surface area contributed by atoms with Crippen LogP contribution < -0.4 is 16.5 Å². The summed E-state index contributed by atoms with van der Waals surface area (Å²) in [6.45, 7) is 3.11. The summed E-state index contributed by atoms with van der Waals surface area (Å²) in [6.07, 6.45) is 0. The Balaban J connectivity index is 1.69. The minimum absolute atomic E-state index is 0.0343. The highest BCUT2D eigenvalue weighted by molar-refractivity contribution is 6.42. The Bertz CT molecular complexity index is 1460. The third-order valence-corrected chi connectivity index (χ3v) is 5.44. The smallest absolute Gasteiger partial charge is 0.294 e. The molecule has 2 aromatic carbocycles. The Morgan fingerprint density at radius 2 is 1.89 bits per heavy atom. The van der Waals surface area contributed by atoms with Crippen molar-refractivity contribution in [3.8, 4) is 17.1 Å². The first-order valence-electron chi connectivity index (χ1n) is 9.96. The molecule has 0 radical (unpaired) electrons. The van der Waals surface area contributed by atoms with Crippen molar-refractivity contribution in [2.75, 3.05) is 11.1 Å². The average molecular weight is 514 g/mol. The fourth-order valence-electron chi connectivity index (χ4n) is 3.10. The summed E-state index contributed by atoms with van der Waals surface area (Å²) in [4.78, 5) is 24.4. The van der Waals surface area contributed by atoms with Gasteiger partial charge in [-0.2, -0.15) is 9.78 Å². The van der Waals surface area contributed by atoms with Gasteiger partial charge in [-0.3, -0.25) is 9.59 Å². The Morgan fingerprint density at radius 3 is 2.57 bits per heavy atom. The molecule has 0 atom stereocenters. The monoisotopic (exact) mass is 513 g/mol. The van der Waals surface area contributed by atoms with Crippen molar-refractivity contribution in [3.63, 3.8) is 0 Å². The van der Waals surface area contributed by atoms with Gasteiger partial charge < -0.3 is 11.1 Å². The molecule has 2 amide bonds. The first kappa shape index (κ1) is 23.9. The highest BCUT2D eigenvalue weighted by Gasteiger charge is 2.25. The number of nitrogens with zero attached hydrogens (tertiary/aromatic N) is 6. The van der Waals surface area contributed by atoms with Crippen molar-refractivity contribution in [2.24, 2.45) is 5.10 Å². The zero-order valence-corrected chi connectivity index (χ0v) is 19.8. The summed E-state index contributed by atoms with van der Waals surface area (Å²) in [6, 6.07) is 11.7. The quantitative estimate of drug-likeness (QED) is 0.260. The number of benzene rings is 2. The van der Waals surface area contributed by atoms with Gasteiger partial charge in [-0.15, -0.1) is 5.10 Å². The number of hydrogen-bond acceptors (Lipinski definition) is 9. The molecule has 2 heterocycles. The van der Waals surface area contributed by atoms with Gasteiger partial charge in [0.25, 0.3) is 5.91 Å². The van der Waals surface area contributed by atoms with Gasteiger partial charge in [0, 0.05) is 18.2 Å². The van der Waals surface area contributed by atoms with E-state index in [2.05, 4.69) is 41.1 Å². The first-order chi connectivity index (χ1) is 16.7. The fraction of sp³-hybridized carbons (Fsp3) is 0.0952. The van der Waals surface area contributed by atoms with Crippen LogP contribution in [0.1, 0.15) is 29.9 Å². The number of nitrogens with one attached hydrogen (secondary N) is 2. The second kappa shape index (κ2) is 9.91. The molecular weight excluding hydrogens is 497 g/mol. The largest absolute Gasteiger partial charge is 0.378 e. The molecule has 0 aliphatic carbocycles. The normalized spacial score (nSPS) is 11.4. The predicted molar refractivity (Wildman–Crippen MR) is 130 cm³/mol. The van der Waals surface area contributed by atoms with E-state index in [0.29, 0.717) is 27.5 Å². The molecule has 0 spiro atoms. The molecule has 0 fully saturated rings. The van der Waals surface area contributed by atoms with E-state index < -0.39 is 5.91 Å². The second-order valence-corrected chi connectivity index (χ2v) is 8.01. The number of halogens is 2. The molecule has 0 aliphatic rings. The van der Waals surface area contributed by atoms with Gasteiger partial charge in [0.2, 0.25) is 17.5 Å². The molecule has 0 saturated heterocycles. The molecule has 12 nitrogen and oxygen atoms in total. The Morgan fingerprint density at radius 1 is 1.09 bits per heavy atom. The zero-order chi connectivity index (χ0) is 25.1. The summed E-state index contributed by atoms with van der Waals surface area (Å²) >= 11 is 12.2. The van der Waals surface area contributed by atoms with Crippen LogP contribution in [0.5, 0.6) is 0 Å². The number of nitrogens with two attached hydrogens (primary N) is 1. The molecule has 0 aliphatic heterocycles. The first-order valence-corrected chi connectivity index (χ1v) is 10.7. The van der Waals surface area contributed by atoms with E-state index in [0.717, 1.165) is 0 Å². The number of hydrogen-bond donors (Lipinski definition) is 3. The van der Waals surface area contributed by atoms with Crippen molar-refractivity contribution >= 4 is 52.2 Å². The molecule has 0 saturated carbocycles. The highest BCUT2D eigenvalue weighted by Crippen LogP contribution is 2.31. The van der Waals surface area contributed by atoms with E-state index in [-0.39, 0.29) is 34.0 Å². The lowest BCUT2D eigenvalue weighted by atomic mass is 10.1. The summed E-state index contributed by atoms with van der Waals surface area (Å²) in [5, 5.41) is 22.7. The Kier molecular flexibility index (Phi) is 6.75. The van der Waals surface area contributed by atoms with Crippen molar-refractivity contribution in [2.45, 2.75) is 13.8 Å². The SMILES string of the molecule is CC(=O)Nc1cccc(C(C)=NNC(=O)c2nnn(-c3nonc3N)c2-c2ccc(Cl)c(Cl)c2)c1. The third-order valence-electron chi connectivity index (χ3n) is 4.70. The van der Waals surface area contributed by atoms with Crippen LogP contribution in [0.25, 0.3) is 17.1 Å². The number of hydrazone groups is 1. The van der Waals surface area contributed by atoms with Crippen molar-refractivity contribution < 1.29 is 14.2 Å². The van der Waals surface area contributed by atoms with Gasteiger partial charge in [0.1, 0.15) is 5.69 Å². The summed E-state index contributed by atoms with van der Waals surface area (Å²) in [7, 11) is 0. The van der Waals surface area contributed by atoms with E-state index in [1.54, 1.807) is 49.4 Å². The summed E-state index contributed by atoms with van der Waals surface area (Å²) in [5.41, 5.74) is 10.6. The number of carbonyl (C=O) groups excluding carboxylic acids is 2. The zero-order valence-electron chi connectivity index (χ0n) is 18.3. The van der Waals surface area contributed by atoms with Gasteiger partial charge in [-0.1, -0.05) is 46.6 Å². The van der Waals surface area contributed by atoms with Crippen LogP contribution in [-0.4, -0.2) is 42.8 Å². The molecular formula is C21H17Cl2N9O3. The summed E-state index contributed by atoms with van der Waals surface area (Å²) < 4.78 is 5.86. The standard InChI is InChI=1S/C21H17Cl2N9O3/c1-10(12-4-3-5-14(8-12)25-11(2)33)26-28-21(34)17-18(13-6-7-15(22)16(23)9-13)32(31-27-17)20-19(24)29-35-30-20/h3-9H,1-2H3,(H2,24,29)(H,25,33)(H,28,34). The van der Waals surface area contributed by atoms with Gasteiger partial charge in [0.05, 0.1) is 15.8 Å². The number of anilines is 2. The van der Waals surface area contributed by atoms with E-state index in [9.17, 15) is 9.59 Å². The van der Waals surface area contributed by atoms with Gasteiger partial charge in [-0.05, 0) is 47.1 Å². The van der Waals surface area contributed by atoms with Crippen molar-refractivity contribution in [1.82, 2.24) is 30.7 Å². The number of aromatic nitrogens is 5. The van der Waals surface area contributed by atoms with Crippen molar-refractivity contribution in [1.29, 1.82) is 0 Å². The lowest BCUT2D eigenvalue weighted by Gasteiger charge is -2.08. The third kappa shape index (κ3) is 5.13. The lowest BCUT2D eigenvalue weighted by molar-refractivity contribution is -0.114. The topological polar surface area (TPSA) is 166 Å². The van der Waals surface area contributed by atoms with E-state index in [4.69, 9.17) is 28.9 Å². The van der Waals surface area contributed by atoms with Crippen LogP contribution in [0, 0.1) is 0 Å². The maximum atomic E-state index is 13.1. The lowest BCUT2D eigenvalue weighted by Crippen LogP contribution is -2.21. The van der Waals surface area contributed by atoms with E-state index >= 15 is 0 Å². The minimum Gasteiger partial charge on any atom is -0.378 e. The number of rotatable bonds is 6. The maximum Gasteiger partial charge on any atom is 0.294 e.